The lowest BCUT2D eigenvalue weighted by Crippen LogP contribution is -2.39. The van der Waals surface area contributed by atoms with E-state index < -0.39 is 6.04 Å². The smallest absolute Gasteiger partial charge is 0.241 e. The number of anilines is 1. The topological polar surface area (TPSA) is 73.6 Å². The molecule has 0 spiro atoms. The van der Waals surface area contributed by atoms with Crippen molar-refractivity contribution in [3.63, 3.8) is 0 Å². The zero-order valence-corrected chi connectivity index (χ0v) is 11.3. The van der Waals surface area contributed by atoms with E-state index in [1.54, 1.807) is 0 Å². The van der Waals surface area contributed by atoms with Gasteiger partial charge < -0.3 is 20.5 Å². The Kier molecular flexibility index (Phi) is 4.52. The lowest BCUT2D eigenvalue weighted by Gasteiger charge is -2.16. The van der Waals surface area contributed by atoms with Crippen molar-refractivity contribution in [3.05, 3.63) is 29.8 Å². The molecule has 104 valence electrons. The first kappa shape index (κ1) is 14.0. The Balaban J connectivity index is 2.04. The summed E-state index contributed by atoms with van der Waals surface area (Å²) in [7, 11) is 0. The number of ether oxygens (including phenoxy) is 2. The summed E-state index contributed by atoms with van der Waals surface area (Å²) in [6.07, 6.45) is -0.337. The van der Waals surface area contributed by atoms with Crippen LogP contribution in [-0.4, -0.2) is 25.2 Å². The van der Waals surface area contributed by atoms with Gasteiger partial charge in [-0.15, -0.1) is 0 Å². The molecular weight excluding hydrogens is 244 g/mol. The van der Waals surface area contributed by atoms with Gasteiger partial charge in [-0.05, 0) is 18.1 Å². The molecule has 0 radical (unpaired) electrons. The number of hydrogen-bond acceptors (Lipinski definition) is 4. The predicted molar refractivity (Wildman–Crippen MR) is 72.5 cm³/mol. The zero-order chi connectivity index (χ0) is 13.8. The van der Waals surface area contributed by atoms with Crippen LogP contribution in [0.2, 0.25) is 0 Å². The summed E-state index contributed by atoms with van der Waals surface area (Å²) in [5, 5.41) is 2.81. The zero-order valence-electron chi connectivity index (χ0n) is 11.3. The number of hydrogen-bond donors (Lipinski definition) is 2. The second-order valence-electron chi connectivity index (χ2n) is 4.96. The van der Waals surface area contributed by atoms with Crippen LogP contribution in [0.1, 0.15) is 25.7 Å². The molecule has 5 heteroatoms. The Morgan fingerprint density at radius 1 is 1.37 bits per heavy atom. The molecule has 1 heterocycles. The number of benzene rings is 1. The molecule has 1 amide bonds. The molecule has 5 nitrogen and oxygen atoms in total. The molecule has 1 aliphatic heterocycles. The van der Waals surface area contributed by atoms with Gasteiger partial charge in [0.25, 0.3) is 0 Å². The molecule has 1 aromatic carbocycles. The Hall–Kier alpha value is -1.43. The Bertz CT molecular complexity index is 442. The van der Waals surface area contributed by atoms with Gasteiger partial charge in [0.1, 0.15) is 0 Å². The fourth-order valence-corrected chi connectivity index (χ4v) is 1.84. The fourth-order valence-electron chi connectivity index (χ4n) is 1.84. The second-order valence-corrected chi connectivity index (χ2v) is 4.96. The van der Waals surface area contributed by atoms with E-state index in [-0.39, 0.29) is 18.1 Å². The average molecular weight is 264 g/mol. The fraction of sp³-hybridized carbons (Fsp3) is 0.500. The highest BCUT2D eigenvalue weighted by Gasteiger charge is 2.20. The van der Waals surface area contributed by atoms with E-state index in [2.05, 4.69) is 5.32 Å². The van der Waals surface area contributed by atoms with Crippen LogP contribution >= 0.6 is 0 Å². The molecule has 1 fully saturated rings. The maximum absolute atomic E-state index is 11.9. The molecule has 0 bridgehead atoms. The molecule has 1 saturated heterocycles. The van der Waals surface area contributed by atoms with Crippen molar-refractivity contribution in [1.82, 2.24) is 0 Å². The van der Waals surface area contributed by atoms with Crippen LogP contribution in [-0.2, 0) is 14.3 Å². The maximum Gasteiger partial charge on any atom is 0.241 e. The van der Waals surface area contributed by atoms with E-state index in [1.165, 1.54) is 0 Å². The third kappa shape index (κ3) is 3.53. The first-order chi connectivity index (χ1) is 9.08. The van der Waals surface area contributed by atoms with Gasteiger partial charge in [-0.25, -0.2) is 0 Å². The summed E-state index contributed by atoms with van der Waals surface area (Å²) in [6, 6.07) is 6.93. The summed E-state index contributed by atoms with van der Waals surface area (Å²) in [5.41, 5.74) is 7.41. The molecule has 1 atom stereocenters. The third-order valence-corrected chi connectivity index (χ3v) is 3.07. The number of carbonyl (C=O) groups is 1. The monoisotopic (exact) mass is 264 g/mol. The van der Waals surface area contributed by atoms with E-state index in [0.29, 0.717) is 18.9 Å². The highest BCUT2D eigenvalue weighted by molar-refractivity contribution is 5.94. The molecule has 1 aromatic rings. The van der Waals surface area contributed by atoms with Crippen LogP contribution in [0, 0.1) is 5.92 Å². The minimum absolute atomic E-state index is 0.102. The largest absolute Gasteiger partial charge is 0.346 e. The summed E-state index contributed by atoms with van der Waals surface area (Å²) in [6.45, 7) is 5.03. The number of rotatable bonds is 4. The highest BCUT2D eigenvalue weighted by Crippen LogP contribution is 2.25. The summed E-state index contributed by atoms with van der Waals surface area (Å²) >= 11 is 0. The van der Waals surface area contributed by atoms with Gasteiger partial charge in [0.05, 0.1) is 19.3 Å². The molecule has 0 aliphatic carbocycles. The summed E-state index contributed by atoms with van der Waals surface area (Å²) in [5.74, 6) is -0.0786. The summed E-state index contributed by atoms with van der Waals surface area (Å²) < 4.78 is 10.9. The first-order valence-electron chi connectivity index (χ1n) is 6.47. The van der Waals surface area contributed by atoms with E-state index in [4.69, 9.17) is 15.2 Å². The lowest BCUT2D eigenvalue weighted by molar-refractivity contribution is -0.118. The maximum atomic E-state index is 11.9. The van der Waals surface area contributed by atoms with Gasteiger partial charge in [-0.2, -0.15) is 0 Å². The Labute approximate surface area is 113 Å². The Morgan fingerprint density at radius 3 is 2.68 bits per heavy atom. The van der Waals surface area contributed by atoms with Crippen LogP contribution in [0.4, 0.5) is 5.69 Å². The third-order valence-electron chi connectivity index (χ3n) is 3.07. The number of amides is 1. The highest BCUT2D eigenvalue weighted by atomic mass is 16.7. The van der Waals surface area contributed by atoms with Crippen molar-refractivity contribution in [2.75, 3.05) is 18.5 Å². The predicted octanol–water partition coefficient (Wildman–Crippen LogP) is 1.65. The van der Waals surface area contributed by atoms with Crippen molar-refractivity contribution in [2.45, 2.75) is 26.2 Å². The normalized spacial score (nSPS) is 17.7. The minimum atomic E-state index is -0.511. The number of nitrogens with one attached hydrogen (secondary N) is 1. The van der Waals surface area contributed by atoms with Gasteiger partial charge >= 0.3 is 0 Å². The van der Waals surface area contributed by atoms with Crippen LogP contribution in [0.15, 0.2) is 24.3 Å². The Morgan fingerprint density at radius 2 is 2.05 bits per heavy atom. The van der Waals surface area contributed by atoms with Crippen molar-refractivity contribution in [3.8, 4) is 0 Å². The molecule has 19 heavy (non-hydrogen) atoms. The van der Waals surface area contributed by atoms with Gasteiger partial charge in [0.2, 0.25) is 5.91 Å². The van der Waals surface area contributed by atoms with E-state index in [0.717, 1.165) is 5.56 Å². The van der Waals surface area contributed by atoms with Gasteiger partial charge in [-0.1, -0.05) is 26.0 Å². The molecule has 0 saturated carbocycles. The van der Waals surface area contributed by atoms with Crippen molar-refractivity contribution in [2.24, 2.45) is 11.7 Å². The standard InChI is InChI=1S/C14H20N2O3/c1-9(2)12(15)13(17)16-11-5-3-4-10(8-11)14-18-6-7-19-14/h3-5,8-9,12,14H,6-7,15H2,1-2H3,(H,16,17)/t12-/m1/s1. The van der Waals surface area contributed by atoms with Gasteiger partial charge in [-0.3, -0.25) is 4.79 Å². The number of carbonyl (C=O) groups excluding carboxylic acids is 1. The second kappa shape index (κ2) is 6.14. The quantitative estimate of drug-likeness (QED) is 0.867. The molecule has 1 aliphatic rings. The SMILES string of the molecule is CC(C)[C@@H](N)C(=O)Nc1cccc(C2OCCO2)c1. The van der Waals surface area contributed by atoms with E-state index >= 15 is 0 Å². The summed E-state index contributed by atoms with van der Waals surface area (Å²) in [4.78, 5) is 11.9. The lowest BCUT2D eigenvalue weighted by atomic mass is 10.0. The van der Waals surface area contributed by atoms with E-state index in [1.807, 2.05) is 38.1 Å². The van der Waals surface area contributed by atoms with Crippen molar-refractivity contribution >= 4 is 11.6 Å². The van der Waals surface area contributed by atoms with Crippen molar-refractivity contribution in [1.29, 1.82) is 0 Å². The van der Waals surface area contributed by atoms with Crippen LogP contribution < -0.4 is 11.1 Å². The average Bonchev–Trinajstić information content (AvgIpc) is 2.91. The molecule has 3 N–H and O–H groups in total. The minimum Gasteiger partial charge on any atom is -0.346 e. The first-order valence-corrected chi connectivity index (χ1v) is 6.47. The molecule has 0 aromatic heterocycles. The van der Waals surface area contributed by atoms with Gasteiger partial charge in [0.15, 0.2) is 6.29 Å². The van der Waals surface area contributed by atoms with Crippen LogP contribution in [0.5, 0.6) is 0 Å². The van der Waals surface area contributed by atoms with Gasteiger partial charge in [0, 0.05) is 11.3 Å². The van der Waals surface area contributed by atoms with Crippen molar-refractivity contribution < 1.29 is 14.3 Å². The number of nitrogens with two attached hydrogens (primary N) is 1. The van der Waals surface area contributed by atoms with Crippen LogP contribution in [0.3, 0.4) is 0 Å². The van der Waals surface area contributed by atoms with Crippen LogP contribution in [0.25, 0.3) is 0 Å². The van der Waals surface area contributed by atoms with E-state index in [9.17, 15) is 4.79 Å². The molecular formula is C14H20N2O3. The molecule has 2 rings (SSSR count). The molecule has 0 unspecified atom stereocenters.